The number of carbonyl (C=O) groups excluding carboxylic acids is 2. The fourth-order valence-corrected chi connectivity index (χ4v) is 5.16. The number of amides is 2. The van der Waals surface area contributed by atoms with E-state index in [1.807, 2.05) is 0 Å². The molecule has 2 aromatic carbocycles. The number of likely N-dealkylation sites (N-methyl/N-ethyl adjacent to an activating group) is 1. The van der Waals surface area contributed by atoms with Gasteiger partial charge in [-0.25, -0.2) is 8.42 Å². The predicted octanol–water partition coefficient (Wildman–Crippen LogP) is 3.47. The summed E-state index contributed by atoms with van der Waals surface area (Å²) >= 11 is 12.4. The van der Waals surface area contributed by atoms with Crippen LogP contribution in [0.15, 0.2) is 36.4 Å². The van der Waals surface area contributed by atoms with Crippen molar-refractivity contribution in [3.05, 3.63) is 52.0 Å². The molecule has 0 unspecified atom stereocenters. The molecule has 0 aliphatic carbocycles. The zero-order valence-corrected chi connectivity index (χ0v) is 22.6. The van der Waals surface area contributed by atoms with E-state index in [-0.39, 0.29) is 18.1 Å². The molecule has 2 amide bonds. The van der Waals surface area contributed by atoms with Crippen molar-refractivity contribution in [2.24, 2.45) is 0 Å². The highest BCUT2D eigenvalue weighted by molar-refractivity contribution is 7.92. The third kappa shape index (κ3) is 6.74. The number of ether oxygens (including phenoxy) is 2. The van der Waals surface area contributed by atoms with Gasteiger partial charge in [-0.3, -0.25) is 13.9 Å². The summed E-state index contributed by atoms with van der Waals surface area (Å²) in [7, 11) is -3.88. The van der Waals surface area contributed by atoms with Crippen LogP contribution < -0.4 is 19.1 Å². The molecule has 0 spiro atoms. The minimum absolute atomic E-state index is 0.0107. The third-order valence-electron chi connectivity index (χ3n) is 5.59. The van der Waals surface area contributed by atoms with E-state index in [9.17, 15) is 18.0 Å². The van der Waals surface area contributed by atoms with Gasteiger partial charge in [-0.1, -0.05) is 36.2 Å². The van der Waals surface area contributed by atoms with Crippen molar-refractivity contribution in [2.75, 3.05) is 36.9 Å². The van der Waals surface area contributed by atoms with E-state index in [4.69, 9.17) is 32.7 Å². The molecule has 0 fully saturated rings. The maximum Gasteiger partial charge on any atom is 0.244 e. The lowest BCUT2D eigenvalue weighted by molar-refractivity contribution is -0.140. The molecule has 36 heavy (non-hydrogen) atoms. The van der Waals surface area contributed by atoms with Crippen LogP contribution in [0.4, 0.5) is 5.69 Å². The average molecular weight is 558 g/mol. The lowest BCUT2D eigenvalue weighted by Crippen LogP contribution is -2.52. The van der Waals surface area contributed by atoms with Crippen molar-refractivity contribution in [1.29, 1.82) is 0 Å². The Bertz CT molecular complexity index is 1220. The first-order valence-electron chi connectivity index (χ1n) is 11.4. The summed E-state index contributed by atoms with van der Waals surface area (Å²) in [5.74, 6) is -0.0346. The van der Waals surface area contributed by atoms with E-state index >= 15 is 0 Å². The summed E-state index contributed by atoms with van der Waals surface area (Å²) in [6.45, 7) is 4.11. The minimum Gasteiger partial charge on any atom is -0.486 e. The lowest BCUT2D eigenvalue weighted by atomic mass is 10.1. The van der Waals surface area contributed by atoms with E-state index in [2.05, 4.69) is 5.32 Å². The smallest absolute Gasteiger partial charge is 0.244 e. The second-order valence-corrected chi connectivity index (χ2v) is 10.9. The van der Waals surface area contributed by atoms with Crippen molar-refractivity contribution >= 4 is 50.7 Å². The van der Waals surface area contributed by atoms with Gasteiger partial charge in [0.1, 0.15) is 25.8 Å². The Hall–Kier alpha value is -2.69. The molecule has 1 aliphatic heterocycles. The van der Waals surface area contributed by atoms with E-state index in [0.717, 1.165) is 10.6 Å². The van der Waals surface area contributed by atoms with E-state index in [1.165, 1.54) is 11.0 Å². The second kappa shape index (κ2) is 12.0. The Balaban J connectivity index is 1.97. The van der Waals surface area contributed by atoms with Gasteiger partial charge in [-0.05, 0) is 43.2 Å². The van der Waals surface area contributed by atoms with Crippen molar-refractivity contribution in [2.45, 2.75) is 32.9 Å². The molecular weight excluding hydrogens is 529 g/mol. The number of rotatable bonds is 10. The van der Waals surface area contributed by atoms with Gasteiger partial charge in [0.25, 0.3) is 0 Å². The largest absolute Gasteiger partial charge is 0.486 e. The monoisotopic (exact) mass is 557 g/mol. The van der Waals surface area contributed by atoms with Crippen molar-refractivity contribution in [3.8, 4) is 11.5 Å². The molecule has 2 aromatic rings. The Labute approximate surface area is 221 Å². The van der Waals surface area contributed by atoms with Crippen LogP contribution in [0.25, 0.3) is 0 Å². The second-order valence-electron chi connectivity index (χ2n) is 8.17. The number of carbonyl (C=O) groups is 2. The first kappa shape index (κ1) is 27.9. The molecule has 0 bridgehead atoms. The Morgan fingerprint density at radius 2 is 1.75 bits per heavy atom. The maximum absolute atomic E-state index is 13.7. The van der Waals surface area contributed by atoms with Crippen LogP contribution in [-0.4, -0.2) is 63.7 Å². The van der Waals surface area contributed by atoms with Gasteiger partial charge in [-0.15, -0.1) is 0 Å². The Morgan fingerprint density at radius 1 is 1.06 bits per heavy atom. The van der Waals surface area contributed by atoms with Crippen LogP contribution >= 0.6 is 23.2 Å². The highest BCUT2D eigenvalue weighted by atomic mass is 35.5. The van der Waals surface area contributed by atoms with E-state index in [0.29, 0.717) is 53.3 Å². The molecule has 0 saturated heterocycles. The number of halogens is 2. The molecule has 3 rings (SSSR count). The number of nitrogens with one attached hydrogen (secondary N) is 1. The molecule has 0 saturated carbocycles. The standard InChI is InChI=1S/C24H29Cl2N3O6S/c1-4-20(24(31)27-5-2)28(14-16-6-7-17(25)12-19(16)26)23(30)15-29(36(3,32)33)18-8-9-21-22(13-18)35-11-10-34-21/h6-9,12-13,20H,4-5,10-11,14-15H2,1-3H3,(H,27,31)/t20-/m0/s1. The van der Waals surface area contributed by atoms with Crippen LogP contribution in [0.2, 0.25) is 10.0 Å². The number of hydrogen-bond donors (Lipinski definition) is 1. The van der Waals surface area contributed by atoms with Crippen LogP contribution in [0, 0.1) is 0 Å². The highest BCUT2D eigenvalue weighted by Gasteiger charge is 2.32. The first-order chi connectivity index (χ1) is 17.0. The topological polar surface area (TPSA) is 105 Å². The molecule has 0 aromatic heterocycles. The molecule has 1 atom stereocenters. The molecule has 9 nitrogen and oxygen atoms in total. The van der Waals surface area contributed by atoms with E-state index in [1.54, 1.807) is 44.2 Å². The number of sulfonamides is 1. The van der Waals surface area contributed by atoms with Crippen LogP contribution in [-0.2, 0) is 26.2 Å². The highest BCUT2D eigenvalue weighted by Crippen LogP contribution is 2.35. The molecule has 12 heteroatoms. The molecule has 196 valence electrons. The summed E-state index contributed by atoms with van der Waals surface area (Å²) in [5.41, 5.74) is 0.813. The van der Waals surface area contributed by atoms with Crippen molar-refractivity contribution < 1.29 is 27.5 Å². The van der Waals surface area contributed by atoms with Gasteiger partial charge in [0, 0.05) is 29.2 Å². The maximum atomic E-state index is 13.7. The van der Waals surface area contributed by atoms with Gasteiger partial charge in [0.05, 0.1) is 11.9 Å². The van der Waals surface area contributed by atoms with Gasteiger partial charge in [0.15, 0.2) is 11.5 Å². The van der Waals surface area contributed by atoms with Crippen molar-refractivity contribution in [1.82, 2.24) is 10.2 Å². The van der Waals surface area contributed by atoms with Crippen LogP contribution in [0.3, 0.4) is 0 Å². The molecule has 1 aliphatic rings. The number of fused-ring (bicyclic) bond motifs is 1. The minimum atomic E-state index is -3.88. The lowest BCUT2D eigenvalue weighted by Gasteiger charge is -2.33. The van der Waals surface area contributed by atoms with Crippen LogP contribution in [0.1, 0.15) is 25.8 Å². The molecular formula is C24H29Cl2N3O6S. The third-order valence-corrected chi connectivity index (χ3v) is 7.31. The summed E-state index contributed by atoms with van der Waals surface area (Å²) in [4.78, 5) is 27.9. The van der Waals surface area contributed by atoms with Gasteiger partial charge in [-0.2, -0.15) is 0 Å². The van der Waals surface area contributed by atoms with Gasteiger partial charge in [0.2, 0.25) is 21.8 Å². The average Bonchev–Trinajstić information content (AvgIpc) is 2.82. The number of nitrogens with zero attached hydrogens (tertiary/aromatic N) is 2. The summed E-state index contributed by atoms with van der Waals surface area (Å²) in [6.07, 6.45) is 1.32. The fourth-order valence-electron chi connectivity index (χ4n) is 3.85. The van der Waals surface area contributed by atoms with Crippen LogP contribution in [0.5, 0.6) is 11.5 Å². The number of benzene rings is 2. The Morgan fingerprint density at radius 3 is 2.36 bits per heavy atom. The summed E-state index contributed by atoms with van der Waals surface area (Å²) in [5, 5.41) is 3.50. The molecule has 1 heterocycles. The summed E-state index contributed by atoms with van der Waals surface area (Å²) in [6, 6.07) is 8.67. The number of hydrogen-bond acceptors (Lipinski definition) is 6. The summed E-state index contributed by atoms with van der Waals surface area (Å²) < 4.78 is 37.6. The zero-order chi connectivity index (χ0) is 26.5. The SMILES string of the molecule is CCNC(=O)[C@H](CC)N(Cc1ccc(Cl)cc1Cl)C(=O)CN(c1ccc2c(c1)OCCO2)S(C)(=O)=O. The Kier molecular flexibility index (Phi) is 9.32. The van der Waals surface area contributed by atoms with E-state index < -0.39 is 28.5 Å². The first-order valence-corrected chi connectivity index (χ1v) is 14.0. The van der Waals surface area contributed by atoms with Crippen molar-refractivity contribution in [3.63, 3.8) is 0 Å². The predicted molar refractivity (Wildman–Crippen MR) is 139 cm³/mol. The fraction of sp³-hybridized carbons (Fsp3) is 0.417. The molecule has 0 radical (unpaired) electrons. The zero-order valence-electron chi connectivity index (χ0n) is 20.3. The molecule has 1 N–H and O–H groups in total. The number of anilines is 1. The van der Waals surface area contributed by atoms with Gasteiger partial charge < -0.3 is 19.7 Å². The normalized spacial score (nSPS) is 13.6. The van der Waals surface area contributed by atoms with Gasteiger partial charge >= 0.3 is 0 Å². The quantitative estimate of drug-likeness (QED) is 0.479.